The second-order valence-electron chi connectivity index (χ2n) is 2.52. The van der Waals surface area contributed by atoms with Crippen molar-refractivity contribution in [3.05, 3.63) is 0 Å². The Labute approximate surface area is 188 Å². The van der Waals surface area contributed by atoms with Gasteiger partial charge in [0.15, 0.2) is 20.2 Å². The van der Waals surface area contributed by atoms with Gasteiger partial charge in [-0.25, -0.2) is 21.2 Å². The van der Waals surface area contributed by atoms with Gasteiger partial charge in [0.05, 0.1) is 0 Å². The van der Waals surface area contributed by atoms with Crippen molar-refractivity contribution in [2.24, 2.45) is 0 Å². The zero-order valence-electron chi connectivity index (χ0n) is 9.03. The standard InChI is InChI=1S/C3H2F6O6S2.2K/c4-1(5,2(6,7)8)3(9,16(10,11)12)17(13,14)15;;/h(H,10,11,12)(H,13,14,15);;/q;2*+1/p-2. The minimum absolute atomic E-state index is 0. The van der Waals surface area contributed by atoms with Gasteiger partial charge in [-0.05, 0) is 0 Å². The van der Waals surface area contributed by atoms with Crippen LogP contribution in [0.25, 0.3) is 0 Å². The van der Waals surface area contributed by atoms with Crippen molar-refractivity contribution in [1.82, 2.24) is 0 Å². The number of hydrogen-bond acceptors (Lipinski definition) is 6. The van der Waals surface area contributed by atoms with Crippen LogP contribution < -0.4 is 103 Å². The van der Waals surface area contributed by atoms with Crippen LogP contribution >= 0.6 is 0 Å². The minimum Gasteiger partial charge on any atom is -0.744 e. The quantitative estimate of drug-likeness (QED) is 0.270. The Balaban J connectivity index is -0.00000128. The Morgan fingerprint density at radius 3 is 0.947 bits per heavy atom. The van der Waals surface area contributed by atoms with Crippen molar-refractivity contribution in [2.75, 3.05) is 0 Å². The normalized spacial score (nSPS) is 14.3. The van der Waals surface area contributed by atoms with Gasteiger partial charge in [0.2, 0.25) is 0 Å². The van der Waals surface area contributed by atoms with E-state index in [1.54, 1.807) is 0 Å². The van der Waals surface area contributed by atoms with Crippen LogP contribution in [0.1, 0.15) is 0 Å². The first kappa shape index (κ1) is 26.6. The molecule has 0 aliphatic carbocycles. The van der Waals surface area contributed by atoms with Crippen molar-refractivity contribution < 1.29 is 155 Å². The third kappa shape index (κ3) is 4.82. The average Bonchev–Trinajstić information content (AvgIpc) is 1.95. The second-order valence-corrected chi connectivity index (χ2v) is 5.72. The summed E-state index contributed by atoms with van der Waals surface area (Å²) in [6.07, 6.45) is -7.07. The summed E-state index contributed by atoms with van der Waals surface area (Å²) in [7, 11) is -14.9. The molecule has 104 valence electrons. The van der Waals surface area contributed by atoms with E-state index in [1.807, 2.05) is 0 Å². The zero-order valence-corrected chi connectivity index (χ0v) is 16.9. The average molecular weight is 388 g/mol. The first-order chi connectivity index (χ1) is 7.00. The van der Waals surface area contributed by atoms with E-state index in [1.165, 1.54) is 0 Å². The van der Waals surface area contributed by atoms with Gasteiger partial charge in [-0.1, -0.05) is 0 Å². The maximum atomic E-state index is 12.8. The fraction of sp³-hybridized carbons (Fsp3) is 1.00. The Morgan fingerprint density at radius 1 is 0.684 bits per heavy atom. The summed E-state index contributed by atoms with van der Waals surface area (Å²) in [6, 6.07) is 0. The van der Waals surface area contributed by atoms with Crippen LogP contribution in [0.15, 0.2) is 0 Å². The molecule has 0 bridgehead atoms. The molecule has 0 aromatic rings. The van der Waals surface area contributed by atoms with Crippen molar-refractivity contribution in [1.29, 1.82) is 0 Å². The third-order valence-corrected chi connectivity index (χ3v) is 4.40. The van der Waals surface area contributed by atoms with Crippen LogP contribution in [0, 0.1) is 0 Å². The van der Waals surface area contributed by atoms with Gasteiger partial charge >= 0.3 is 119 Å². The molecule has 6 nitrogen and oxygen atoms in total. The number of hydrogen-bond donors (Lipinski definition) is 0. The van der Waals surface area contributed by atoms with Gasteiger partial charge in [-0.3, -0.25) is 0 Å². The summed E-state index contributed by atoms with van der Waals surface area (Å²) < 4.78 is 125. The molecule has 0 saturated carbocycles. The van der Waals surface area contributed by atoms with E-state index in [2.05, 4.69) is 0 Å². The molecule has 0 heterocycles. The predicted molar refractivity (Wildman–Crippen MR) is 34.2 cm³/mol. The topological polar surface area (TPSA) is 114 Å². The molecule has 0 N–H and O–H groups in total. The molecule has 0 aromatic carbocycles. The van der Waals surface area contributed by atoms with E-state index in [-0.39, 0.29) is 103 Å². The monoisotopic (exact) mass is 388 g/mol. The third-order valence-electron chi connectivity index (χ3n) is 1.37. The Morgan fingerprint density at radius 2 is 0.895 bits per heavy atom. The van der Waals surface area contributed by atoms with Crippen LogP contribution in [0.4, 0.5) is 26.3 Å². The fourth-order valence-corrected chi connectivity index (χ4v) is 2.47. The van der Waals surface area contributed by atoms with E-state index in [0.29, 0.717) is 0 Å². The molecule has 19 heavy (non-hydrogen) atoms. The smallest absolute Gasteiger partial charge is 0.744 e. The number of rotatable bonds is 3. The summed E-state index contributed by atoms with van der Waals surface area (Å²) in [6.45, 7) is 0. The van der Waals surface area contributed by atoms with Crippen LogP contribution in [0.3, 0.4) is 0 Å². The van der Waals surface area contributed by atoms with Crippen molar-refractivity contribution in [3.63, 3.8) is 0 Å². The number of halogens is 6. The van der Waals surface area contributed by atoms with Gasteiger partial charge in [-0.15, -0.1) is 0 Å². The van der Waals surface area contributed by atoms with Crippen LogP contribution in [-0.2, 0) is 20.2 Å². The Hall–Kier alpha value is 2.67. The minimum atomic E-state index is -7.45. The SMILES string of the molecule is O=S(=O)([O-])C(F)(C(F)(F)C(F)(F)F)S(=O)(=O)[O-].[K+].[K+]. The summed E-state index contributed by atoms with van der Waals surface area (Å²) >= 11 is 0. The van der Waals surface area contributed by atoms with Crippen LogP contribution in [0.2, 0.25) is 0 Å². The second kappa shape index (κ2) is 7.49. The first-order valence-corrected chi connectivity index (χ1v) is 5.86. The Bertz CT molecular complexity index is 478. The van der Waals surface area contributed by atoms with E-state index >= 15 is 0 Å². The molecule has 0 amide bonds. The molecule has 0 radical (unpaired) electrons. The van der Waals surface area contributed by atoms with Crippen molar-refractivity contribution >= 4 is 20.2 Å². The molecule has 0 aliphatic heterocycles. The zero-order chi connectivity index (χ0) is 14.5. The van der Waals surface area contributed by atoms with Crippen LogP contribution in [0.5, 0.6) is 0 Å². The molecule has 16 heteroatoms. The van der Waals surface area contributed by atoms with Crippen molar-refractivity contribution in [2.45, 2.75) is 16.4 Å². The molecule has 0 aliphatic rings. The van der Waals surface area contributed by atoms with Crippen LogP contribution in [-0.4, -0.2) is 42.4 Å². The molecule has 0 fully saturated rings. The van der Waals surface area contributed by atoms with Gasteiger partial charge in [0, 0.05) is 0 Å². The predicted octanol–water partition coefficient (Wildman–Crippen LogP) is -6.09. The van der Waals surface area contributed by atoms with E-state index in [4.69, 9.17) is 0 Å². The molecule has 0 saturated heterocycles. The maximum Gasteiger partial charge on any atom is 1.00 e. The fourth-order valence-electron chi connectivity index (χ4n) is 0.608. The molecule has 0 unspecified atom stereocenters. The molecule has 0 atom stereocenters. The summed E-state index contributed by atoms with van der Waals surface area (Å²) in [4.78, 5) is 0. The van der Waals surface area contributed by atoms with E-state index in [9.17, 15) is 52.3 Å². The summed E-state index contributed by atoms with van der Waals surface area (Å²) in [5.74, 6) is -7.21. The molecule has 0 aromatic heterocycles. The van der Waals surface area contributed by atoms with Gasteiger partial charge in [0.25, 0.3) is 0 Å². The van der Waals surface area contributed by atoms with E-state index in [0.717, 1.165) is 0 Å². The van der Waals surface area contributed by atoms with Crippen molar-refractivity contribution in [3.8, 4) is 0 Å². The summed E-state index contributed by atoms with van der Waals surface area (Å²) in [5.41, 5.74) is 0. The molecular weight excluding hydrogens is 388 g/mol. The summed E-state index contributed by atoms with van der Waals surface area (Å²) in [5, 5.41) is 0. The molecule has 0 rings (SSSR count). The van der Waals surface area contributed by atoms with Gasteiger partial charge in [-0.2, -0.15) is 22.0 Å². The maximum absolute atomic E-state index is 12.8. The molecule has 0 spiro atoms. The van der Waals surface area contributed by atoms with Gasteiger partial charge in [0.1, 0.15) is 0 Å². The largest absolute Gasteiger partial charge is 1.00 e. The number of alkyl halides is 6. The van der Waals surface area contributed by atoms with Gasteiger partial charge < -0.3 is 9.11 Å². The van der Waals surface area contributed by atoms with E-state index < -0.39 is 36.7 Å². The molecular formula is C3F6K2O6S2. The first-order valence-electron chi connectivity index (χ1n) is 3.04. The Kier molecular flexibility index (Phi) is 10.5.